The van der Waals surface area contributed by atoms with E-state index in [9.17, 15) is 5.11 Å². The molecule has 3 aromatic rings. The van der Waals surface area contributed by atoms with E-state index >= 15 is 0 Å². The topological polar surface area (TPSA) is 20.2 Å². The molecule has 2 heteroatoms. The number of hydrogen-bond acceptors (Lipinski definition) is 1. The first kappa shape index (κ1) is 17.7. The lowest BCUT2D eigenvalue weighted by Gasteiger charge is -2.29. The van der Waals surface area contributed by atoms with Crippen LogP contribution in [0.25, 0.3) is 0 Å². The van der Waals surface area contributed by atoms with Crippen molar-refractivity contribution in [1.29, 1.82) is 0 Å². The van der Waals surface area contributed by atoms with Gasteiger partial charge in [0, 0.05) is 0 Å². The predicted molar refractivity (Wildman–Crippen MR) is 110 cm³/mol. The van der Waals surface area contributed by atoms with Crippen LogP contribution in [0.5, 0.6) is 0 Å². The maximum Gasteiger partial charge on any atom is 0.112 e. The maximum absolute atomic E-state index is 11.1. The van der Waals surface area contributed by atoms with E-state index in [0.717, 1.165) is 11.1 Å². The summed E-state index contributed by atoms with van der Waals surface area (Å²) < 4.78 is 0. The van der Waals surface area contributed by atoms with E-state index in [1.54, 1.807) is 0 Å². The van der Waals surface area contributed by atoms with Gasteiger partial charge in [0.15, 0.2) is 0 Å². The summed E-state index contributed by atoms with van der Waals surface area (Å²) in [6.45, 7) is 8.92. The first-order valence-electron chi connectivity index (χ1n) is 8.81. The van der Waals surface area contributed by atoms with E-state index in [2.05, 4.69) is 87.6 Å². The van der Waals surface area contributed by atoms with Crippen LogP contribution < -0.4 is 10.4 Å². The second-order valence-corrected chi connectivity index (χ2v) is 11.8. The van der Waals surface area contributed by atoms with Crippen LogP contribution in [0.2, 0.25) is 13.1 Å². The molecule has 0 heterocycles. The third kappa shape index (κ3) is 3.60. The van der Waals surface area contributed by atoms with Gasteiger partial charge in [-0.3, -0.25) is 0 Å². The molecule has 1 N–H and O–H groups in total. The number of rotatable bonds is 4. The van der Waals surface area contributed by atoms with Gasteiger partial charge in [-0.25, -0.2) is 0 Å². The number of benzene rings is 3. The molecule has 1 nitrogen and oxygen atoms in total. The van der Waals surface area contributed by atoms with Crippen LogP contribution in [-0.2, 0) is 0 Å². The van der Waals surface area contributed by atoms with E-state index in [1.807, 2.05) is 12.1 Å². The van der Waals surface area contributed by atoms with Crippen molar-refractivity contribution in [1.82, 2.24) is 0 Å². The highest BCUT2D eigenvalue weighted by molar-refractivity contribution is 7.00. The van der Waals surface area contributed by atoms with E-state index in [4.69, 9.17) is 0 Å². The zero-order valence-electron chi connectivity index (χ0n) is 15.5. The average molecular weight is 347 g/mol. The van der Waals surface area contributed by atoms with Gasteiger partial charge >= 0.3 is 0 Å². The molecule has 3 aromatic carbocycles. The molecule has 0 bridgehead atoms. The fraction of sp³-hybridized carbons (Fsp3) is 0.217. The normalized spacial score (nSPS) is 12.8. The molecule has 25 heavy (non-hydrogen) atoms. The zero-order chi connectivity index (χ0) is 18.0. The summed E-state index contributed by atoms with van der Waals surface area (Å²) in [5, 5.41) is 13.8. The Morgan fingerprint density at radius 3 is 2.00 bits per heavy atom. The van der Waals surface area contributed by atoms with Crippen molar-refractivity contribution in [3.8, 4) is 0 Å². The minimum absolute atomic E-state index is 0.591. The molecular weight excluding hydrogens is 320 g/mol. The molecule has 3 rings (SSSR count). The Morgan fingerprint density at radius 2 is 1.36 bits per heavy atom. The third-order valence-electron chi connectivity index (χ3n) is 5.07. The fourth-order valence-corrected chi connectivity index (χ4v) is 6.26. The minimum Gasteiger partial charge on any atom is -0.384 e. The quantitative estimate of drug-likeness (QED) is 0.702. The molecule has 0 radical (unpaired) electrons. The Morgan fingerprint density at radius 1 is 0.760 bits per heavy atom. The van der Waals surface area contributed by atoms with Crippen molar-refractivity contribution in [3.05, 3.63) is 95.1 Å². The van der Waals surface area contributed by atoms with Crippen molar-refractivity contribution in [3.63, 3.8) is 0 Å². The third-order valence-corrected chi connectivity index (χ3v) is 8.62. The Balaban J connectivity index is 2.11. The summed E-state index contributed by atoms with van der Waals surface area (Å²) in [5.41, 5.74) is 4.44. The van der Waals surface area contributed by atoms with Gasteiger partial charge in [-0.1, -0.05) is 102 Å². The van der Waals surface area contributed by atoms with Crippen LogP contribution >= 0.6 is 0 Å². The summed E-state index contributed by atoms with van der Waals surface area (Å²) in [7, 11) is -1.90. The van der Waals surface area contributed by atoms with Crippen molar-refractivity contribution >= 4 is 18.4 Å². The second-order valence-electron chi connectivity index (χ2n) is 7.39. The lowest BCUT2D eigenvalue weighted by atomic mass is 9.99. The number of aliphatic hydroxyl groups excluding tert-OH is 1. The highest BCUT2D eigenvalue weighted by atomic mass is 28.3. The predicted octanol–water partition coefficient (Wildman–Crippen LogP) is 4.21. The van der Waals surface area contributed by atoms with Gasteiger partial charge < -0.3 is 5.11 Å². The van der Waals surface area contributed by atoms with Crippen LogP contribution in [0.1, 0.15) is 28.4 Å². The molecule has 1 atom stereocenters. The minimum atomic E-state index is -1.90. The average Bonchev–Trinajstić information content (AvgIpc) is 2.62. The van der Waals surface area contributed by atoms with Crippen molar-refractivity contribution in [2.24, 2.45) is 0 Å². The molecule has 0 unspecified atom stereocenters. The lowest BCUT2D eigenvalue weighted by Crippen LogP contribution is -2.54. The number of aliphatic hydroxyl groups is 1. The van der Waals surface area contributed by atoms with Crippen LogP contribution in [0.4, 0.5) is 0 Å². The van der Waals surface area contributed by atoms with E-state index < -0.39 is 14.2 Å². The summed E-state index contributed by atoms with van der Waals surface area (Å²) in [5.74, 6) is 0. The molecule has 0 spiro atoms. The monoisotopic (exact) mass is 346 g/mol. The van der Waals surface area contributed by atoms with Gasteiger partial charge in [0.25, 0.3) is 0 Å². The van der Waals surface area contributed by atoms with Gasteiger partial charge in [-0.15, -0.1) is 0 Å². The van der Waals surface area contributed by atoms with Crippen molar-refractivity contribution in [2.45, 2.75) is 33.0 Å². The highest BCUT2D eigenvalue weighted by Gasteiger charge is 2.30. The molecule has 0 aromatic heterocycles. The first-order valence-corrected chi connectivity index (χ1v) is 11.8. The van der Waals surface area contributed by atoms with E-state index in [0.29, 0.717) is 0 Å². The van der Waals surface area contributed by atoms with Gasteiger partial charge in [-0.2, -0.15) is 0 Å². The van der Waals surface area contributed by atoms with Crippen LogP contribution in [0.15, 0.2) is 72.8 Å². The highest BCUT2D eigenvalue weighted by Crippen LogP contribution is 2.24. The van der Waals surface area contributed by atoms with E-state index in [1.165, 1.54) is 21.5 Å². The lowest BCUT2D eigenvalue weighted by molar-refractivity contribution is 0.221. The Hall–Kier alpha value is -2.16. The Bertz CT molecular complexity index is 851. The molecule has 128 valence electrons. The van der Waals surface area contributed by atoms with Crippen LogP contribution in [0, 0.1) is 13.8 Å². The van der Waals surface area contributed by atoms with Crippen molar-refractivity contribution < 1.29 is 5.11 Å². The fourth-order valence-electron chi connectivity index (χ4n) is 3.39. The molecular formula is C23H26OSi. The zero-order valence-corrected chi connectivity index (χ0v) is 16.5. The molecule has 0 saturated heterocycles. The Labute approximate surface area is 152 Å². The molecule has 0 aliphatic heterocycles. The van der Waals surface area contributed by atoms with Gasteiger partial charge in [-0.05, 0) is 30.2 Å². The molecule has 0 aliphatic rings. The largest absolute Gasteiger partial charge is 0.384 e. The molecule has 0 fully saturated rings. The smallest absolute Gasteiger partial charge is 0.112 e. The van der Waals surface area contributed by atoms with Gasteiger partial charge in [0.2, 0.25) is 0 Å². The summed E-state index contributed by atoms with van der Waals surface area (Å²) in [4.78, 5) is 0. The number of hydrogen-bond donors (Lipinski definition) is 1. The van der Waals surface area contributed by atoms with Crippen molar-refractivity contribution in [2.75, 3.05) is 0 Å². The number of aryl methyl sites for hydroxylation is 2. The van der Waals surface area contributed by atoms with Gasteiger partial charge in [0.05, 0.1) is 0 Å². The first-order chi connectivity index (χ1) is 11.9. The standard InChI is InChI=1S/C23H26OSi/c1-17-10-13-19(14-11-17)23(24)21-15-12-18(2)16-22(21)25(3,4)20-8-6-5-7-9-20/h5-16,23-24H,1-4H3/t23-/m0/s1. The summed E-state index contributed by atoms with van der Waals surface area (Å²) in [6.07, 6.45) is -0.591. The second kappa shape index (κ2) is 6.99. The Kier molecular flexibility index (Phi) is 4.93. The molecule has 0 amide bonds. The van der Waals surface area contributed by atoms with Crippen LogP contribution in [0.3, 0.4) is 0 Å². The van der Waals surface area contributed by atoms with E-state index in [-0.39, 0.29) is 0 Å². The molecule has 0 aliphatic carbocycles. The maximum atomic E-state index is 11.1. The summed E-state index contributed by atoms with van der Waals surface area (Å²) in [6, 6.07) is 25.4. The summed E-state index contributed by atoms with van der Waals surface area (Å²) >= 11 is 0. The molecule has 0 saturated carbocycles. The van der Waals surface area contributed by atoms with Crippen LogP contribution in [-0.4, -0.2) is 13.2 Å². The van der Waals surface area contributed by atoms with Gasteiger partial charge in [0.1, 0.15) is 14.2 Å². The SMILES string of the molecule is Cc1ccc([C@H](O)c2ccc(C)cc2[Si](C)(C)c2ccccc2)cc1.